The minimum atomic E-state index is 0.656. The lowest BCUT2D eigenvalue weighted by Crippen LogP contribution is -2.12. The first-order valence-electron chi connectivity index (χ1n) is 5.47. The van der Waals surface area contributed by atoms with E-state index in [0.29, 0.717) is 5.69 Å². The Kier molecular flexibility index (Phi) is 1.95. The van der Waals surface area contributed by atoms with Crippen LogP contribution < -0.4 is 5.73 Å². The van der Waals surface area contributed by atoms with Crippen LogP contribution in [0.15, 0.2) is 6.20 Å². The molecule has 0 bridgehead atoms. The van der Waals surface area contributed by atoms with Gasteiger partial charge in [-0.1, -0.05) is 0 Å². The predicted octanol–water partition coefficient (Wildman–Crippen LogP) is 0.597. The number of rotatable bonds is 1. The Hall–Kier alpha value is -1.85. The SMILES string of the molecule is Cn1ncc(N)c1-c1nnc2n1CCCC2. The highest BCUT2D eigenvalue weighted by Gasteiger charge is 2.20. The highest BCUT2D eigenvalue weighted by molar-refractivity contribution is 5.67. The maximum atomic E-state index is 5.90. The molecule has 0 fully saturated rings. The molecule has 3 rings (SSSR count). The summed E-state index contributed by atoms with van der Waals surface area (Å²) >= 11 is 0. The molecule has 84 valence electrons. The van der Waals surface area contributed by atoms with Gasteiger partial charge in [0.2, 0.25) is 0 Å². The normalized spacial score (nSPS) is 15.1. The maximum Gasteiger partial charge on any atom is 0.184 e. The highest BCUT2D eigenvalue weighted by atomic mass is 15.3. The number of nitrogen functional groups attached to an aromatic ring is 1. The van der Waals surface area contributed by atoms with Crippen molar-refractivity contribution in [3.8, 4) is 11.5 Å². The van der Waals surface area contributed by atoms with Crippen molar-refractivity contribution in [3.05, 3.63) is 12.0 Å². The van der Waals surface area contributed by atoms with Crippen LogP contribution in [0.25, 0.3) is 11.5 Å². The number of fused-ring (bicyclic) bond motifs is 1. The summed E-state index contributed by atoms with van der Waals surface area (Å²) in [5, 5.41) is 12.6. The number of hydrogen-bond acceptors (Lipinski definition) is 4. The second-order valence-corrected chi connectivity index (χ2v) is 4.12. The van der Waals surface area contributed by atoms with Crippen LogP contribution in [0.3, 0.4) is 0 Å². The van der Waals surface area contributed by atoms with Gasteiger partial charge in [-0.3, -0.25) is 4.68 Å². The number of aromatic nitrogens is 5. The van der Waals surface area contributed by atoms with Crippen molar-refractivity contribution in [2.75, 3.05) is 5.73 Å². The highest BCUT2D eigenvalue weighted by Crippen LogP contribution is 2.26. The Bertz CT molecular complexity index is 504. The summed E-state index contributed by atoms with van der Waals surface area (Å²) in [6.45, 7) is 0.974. The van der Waals surface area contributed by atoms with Gasteiger partial charge in [0.15, 0.2) is 5.82 Å². The average molecular weight is 218 g/mol. The molecule has 0 saturated heterocycles. The molecule has 0 saturated carbocycles. The lowest BCUT2D eigenvalue weighted by Gasteiger charge is -2.14. The fraction of sp³-hybridized carbons (Fsp3) is 0.500. The van der Waals surface area contributed by atoms with Gasteiger partial charge >= 0.3 is 0 Å². The molecule has 3 heterocycles. The summed E-state index contributed by atoms with van der Waals surface area (Å²) < 4.78 is 3.90. The van der Waals surface area contributed by atoms with Crippen molar-refractivity contribution in [2.24, 2.45) is 7.05 Å². The summed E-state index contributed by atoms with van der Waals surface area (Å²) in [7, 11) is 1.87. The van der Waals surface area contributed by atoms with Gasteiger partial charge in [0, 0.05) is 20.0 Å². The minimum absolute atomic E-state index is 0.656. The fourth-order valence-corrected chi connectivity index (χ4v) is 2.21. The first kappa shape index (κ1) is 9.38. The first-order chi connectivity index (χ1) is 7.77. The van der Waals surface area contributed by atoms with E-state index in [4.69, 9.17) is 5.73 Å². The van der Waals surface area contributed by atoms with E-state index >= 15 is 0 Å². The smallest absolute Gasteiger partial charge is 0.184 e. The largest absolute Gasteiger partial charge is 0.396 e. The fourth-order valence-electron chi connectivity index (χ4n) is 2.21. The molecule has 2 N–H and O–H groups in total. The Balaban J connectivity index is 2.17. The van der Waals surface area contributed by atoms with Crippen LogP contribution in [-0.4, -0.2) is 24.5 Å². The quantitative estimate of drug-likeness (QED) is 0.760. The van der Waals surface area contributed by atoms with Crippen molar-refractivity contribution < 1.29 is 0 Å². The second-order valence-electron chi connectivity index (χ2n) is 4.12. The number of nitrogens with zero attached hydrogens (tertiary/aromatic N) is 5. The Morgan fingerprint density at radius 1 is 1.31 bits per heavy atom. The van der Waals surface area contributed by atoms with Crippen molar-refractivity contribution in [2.45, 2.75) is 25.8 Å². The zero-order valence-corrected chi connectivity index (χ0v) is 9.22. The molecule has 0 amide bonds. The molecule has 0 aliphatic carbocycles. The van der Waals surface area contributed by atoms with Crippen LogP contribution in [-0.2, 0) is 20.0 Å². The van der Waals surface area contributed by atoms with Crippen molar-refractivity contribution >= 4 is 5.69 Å². The van der Waals surface area contributed by atoms with Crippen LogP contribution in [0, 0.1) is 0 Å². The summed E-state index contributed by atoms with van der Waals surface area (Å²) in [6, 6.07) is 0. The van der Waals surface area contributed by atoms with Gasteiger partial charge in [0.1, 0.15) is 11.5 Å². The molecule has 2 aromatic heterocycles. The van der Waals surface area contributed by atoms with E-state index in [2.05, 4.69) is 19.9 Å². The molecule has 0 radical (unpaired) electrons. The molecule has 6 heteroatoms. The average Bonchev–Trinajstić information content (AvgIpc) is 2.83. The molecule has 6 nitrogen and oxygen atoms in total. The maximum absolute atomic E-state index is 5.90. The number of aryl methyl sites for hydroxylation is 2. The Morgan fingerprint density at radius 3 is 2.94 bits per heavy atom. The van der Waals surface area contributed by atoms with Gasteiger partial charge in [-0.25, -0.2) is 0 Å². The van der Waals surface area contributed by atoms with Gasteiger partial charge in [0.25, 0.3) is 0 Å². The molecule has 1 aliphatic rings. The monoisotopic (exact) mass is 218 g/mol. The van der Waals surface area contributed by atoms with Gasteiger partial charge < -0.3 is 10.3 Å². The van der Waals surface area contributed by atoms with Gasteiger partial charge in [-0.05, 0) is 12.8 Å². The summed E-state index contributed by atoms with van der Waals surface area (Å²) in [5.41, 5.74) is 7.42. The molecule has 0 atom stereocenters. The summed E-state index contributed by atoms with van der Waals surface area (Å²) in [4.78, 5) is 0. The molecule has 0 unspecified atom stereocenters. The number of nitrogens with two attached hydrogens (primary N) is 1. The lowest BCUT2D eigenvalue weighted by molar-refractivity contribution is 0.524. The van der Waals surface area contributed by atoms with E-state index in [1.807, 2.05) is 7.05 Å². The van der Waals surface area contributed by atoms with Crippen LogP contribution in [0.2, 0.25) is 0 Å². The van der Waals surface area contributed by atoms with E-state index in [-0.39, 0.29) is 0 Å². The van der Waals surface area contributed by atoms with Crippen LogP contribution in [0.1, 0.15) is 18.7 Å². The summed E-state index contributed by atoms with van der Waals surface area (Å²) in [6.07, 6.45) is 5.03. The zero-order chi connectivity index (χ0) is 11.1. The number of anilines is 1. The van der Waals surface area contributed by atoms with Crippen molar-refractivity contribution in [1.82, 2.24) is 24.5 Å². The van der Waals surface area contributed by atoms with E-state index in [9.17, 15) is 0 Å². The van der Waals surface area contributed by atoms with E-state index in [1.54, 1.807) is 10.9 Å². The third kappa shape index (κ3) is 1.22. The van der Waals surface area contributed by atoms with E-state index in [0.717, 1.165) is 30.3 Å². The molecule has 1 aliphatic heterocycles. The second kappa shape index (κ2) is 3.33. The van der Waals surface area contributed by atoms with Gasteiger partial charge in [-0.15, -0.1) is 10.2 Å². The Labute approximate surface area is 93.1 Å². The van der Waals surface area contributed by atoms with Gasteiger partial charge in [0.05, 0.1) is 11.9 Å². The van der Waals surface area contributed by atoms with Crippen LogP contribution in [0.5, 0.6) is 0 Å². The topological polar surface area (TPSA) is 74.6 Å². The third-order valence-electron chi connectivity index (χ3n) is 3.04. The summed E-state index contributed by atoms with van der Waals surface area (Å²) in [5.74, 6) is 1.90. The van der Waals surface area contributed by atoms with Crippen molar-refractivity contribution in [1.29, 1.82) is 0 Å². The zero-order valence-electron chi connectivity index (χ0n) is 9.22. The number of hydrogen-bond donors (Lipinski definition) is 1. The molecule has 2 aromatic rings. The minimum Gasteiger partial charge on any atom is -0.396 e. The van der Waals surface area contributed by atoms with E-state index in [1.165, 1.54) is 12.8 Å². The standard InChI is InChI=1S/C10H14N6/c1-15-9(7(11)6-12-15)10-14-13-8-4-2-3-5-16(8)10/h6H,2-5,11H2,1H3. The molecule has 16 heavy (non-hydrogen) atoms. The lowest BCUT2D eigenvalue weighted by atomic mass is 10.1. The van der Waals surface area contributed by atoms with Crippen LogP contribution in [0.4, 0.5) is 5.69 Å². The first-order valence-corrected chi connectivity index (χ1v) is 5.47. The molecular weight excluding hydrogens is 204 g/mol. The van der Waals surface area contributed by atoms with Crippen molar-refractivity contribution in [3.63, 3.8) is 0 Å². The molecule has 0 spiro atoms. The van der Waals surface area contributed by atoms with E-state index < -0.39 is 0 Å². The molecular formula is C10H14N6. The Morgan fingerprint density at radius 2 is 2.19 bits per heavy atom. The molecule has 0 aromatic carbocycles. The third-order valence-corrected chi connectivity index (χ3v) is 3.04. The van der Waals surface area contributed by atoms with Crippen LogP contribution >= 0.6 is 0 Å². The predicted molar refractivity (Wildman–Crippen MR) is 59.6 cm³/mol. The van der Waals surface area contributed by atoms with Gasteiger partial charge in [-0.2, -0.15) is 5.10 Å².